The van der Waals surface area contributed by atoms with Crippen molar-refractivity contribution in [2.45, 2.75) is 13.8 Å². The fourth-order valence-electron chi connectivity index (χ4n) is 0.700. The minimum atomic E-state index is -1.12. The normalized spacial score (nSPS) is 10.3. The van der Waals surface area contributed by atoms with Gasteiger partial charge >= 0.3 is 41.5 Å². The molecule has 0 fully saturated rings. The molecular formula is C9H12NNaO5. The molecule has 0 spiro atoms. The van der Waals surface area contributed by atoms with Crippen LogP contribution in [-0.4, -0.2) is 59.8 Å². The monoisotopic (exact) mass is 237 g/mol. The Morgan fingerprint density at radius 3 is 2.00 bits per heavy atom. The SMILES string of the molecule is CCOC(=O)C(O)=C(C#N)C(=O)OCC.[NaH]. The predicted molar refractivity (Wildman–Crippen MR) is 55.7 cm³/mol. The number of carbonyl (C=O) groups is 2. The third-order valence-electron chi connectivity index (χ3n) is 1.30. The molecule has 0 bridgehead atoms. The Bertz CT molecular complexity index is 331. The molecule has 84 valence electrons. The summed E-state index contributed by atoms with van der Waals surface area (Å²) in [4.78, 5) is 22.0. The van der Waals surface area contributed by atoms with Gasteiger partial charge in [0.15, 0.2) is 5.57 Å². The minimum absolute atomic E-state index is 0. The summed E-state index contributed by atoms with van der Waals surface area (Å²) in [6.07, 6.45) is 0. The average Bonchev–Trinajstić information content (AvgIpc) is 2.19. The van der Waals surface area contributed by atoms with Gasteiger partial charge in [0, 0.05) is 0 Å². The van der Waals surface area contributed by atoms with Gasteiger partial charge in [-0.2, -0.15) is 5.26 Å². The first-order valence-electron chi connectivity index (χ1n) is 4.26. The molecule has 0 radical (unpaired) electrons. The van der Waals surface area contributed by atoms with Crippen molar-refractivity contribution in [2.75, 3.05) is 13.2 Å². The molecular weight excluding hydrogens is 225 g/mol. The zero-order valence-corrected chi connectivity index (χ0v) is 8.44. The second kappa shape index (κ2) is 9.21. The third kappa shape index (κ3) is 5.16. The van der Waals surface area contributed by atoms with Crippen molar-refractivity contribution < 1.29 is 24.2 Å². The molecule has 0 rings (SSSR count). The van der Waals surface area contributed by atoms with Crippen LogP contribution in [0.5, 0.6) is 0 Å². The van der Waals surface area contributed by atoms with Crippen molar-refractivity contribution in [3.8, 4) is 6.07 Å². The summed E-state index contributed by atoms with van der Waals surface area (Å²) < 4.78 is 8.87. The number of hydrogen-bond donors (Lipinski definition) is 1. The van der Waals surface area contributed by atoms with Gasteiger partial charge in [0.2, 0.25) is 5.76 Å². The van der Waals surface area contributed by atoms with E-state index in [4.69, 9.17) is 5.26 Å². The summed E-state index contributed by atoms with van der Waals surface area (Å²) in [5.74, 6) is -3.20. The number of nitrogens with zero attached hydrogens (tertiary/aromatic N) is 1. The Kier molecular flexibility index (Phi) is 10.0. The van der Waals surface area contributed by atoms with E-state index in [1.165, 1.54) is 19.9 Å². The Labute approximate surface area is 115 Å². The summed E-state index contributed by atoms with van der Waals surface area (Å²) in [5.41, 5.74) is -0.754. The molecule has 0 atom stereocenters. The van der Waals surface area contributed by atoms with Crippen LogP contribution < -0.4 is 0 Å². The van der Waals surface area contributed by atoms with Crippen LogP contribution in [0.4, 0.5) is 0 Å². The number of hydrogen-bond acceptors (Lipinski definition) is 6. The fourth-order valence-corrected chi connectivity index (χ4v) is 0.700. The van der Waals surface area contributed by atoms with E-state index in [1.54, 1.807) is 0 Å². The van der Waals surface area contributed by atoms with Crippen LogP contribution in [0.25, 0.3) is 0 Å². The van der Waals surface area contributed by atoms with E-state index in [9.17, 15) is 14.7 Å². The van der Waals surface area contributed by atoms with Crippen molar-refractivity contribution in [1.82, 2.24) is 0 Å². The number of aliphatic hydroxyl groups excluding tert-OH is 1. The maximum absolute atomic E-state index is 11.1. The van der Waals surface area contributed by atoms with Crippen molar-refractivity contribution >= 4 is 41.5 Å². The average molecular weight is 237 g/mol. The van der Waals surface area contributed by atoms with E-state index in [0.717, 1.165) is 0 Å². The molecule has 0 aromatic rings. The molecule has 0 heterocycles. The first kappa shape index (κ1) is 17.4. The summed E-state index contributed by atoms with van der Waals surface area (Å²) in [7, 11) is 0. The van der Waals surface area contributed by atoms with E-state index in [1.807, 2.05) is 0 Å². The Morgan fingerprint density at radius 2 is 1.62 bits per heavy atom. The van der Waals surface area contributed by atoms with Crippen LogP contribution in [0.15, 0.2) is 11.3 Å². The molecule has 0 saturated carbocycles. The first-order valence-corrected chi connectivity index (χ1v) is 4.26. The van der Waals surface area contributed by atoms with Gasteiger partial charge in [-0.25, -0.2) is 9.59 Å². The van der Waals surface area contributed by atoms with E-state index >= 15 is 0 Å². The van der Waals surface area contributed by atoms with E-state index in [2.05, 4.69) is 9.47 Å². The predicted octanol–water partition coefficient (Wildman–Crippen LogP) is -0.200. The van der Waals surface area contributed by atoms with Crippen LogP contribution >= 0.6 is 0 Å². The molecule has 6 nitrogen and oxygen atoms in total. The summed E-state index contributed by atoms with van der Waals surface area (Å²) >= 11 is 0. The van der Waals surface area contributed by atoms with Crippen molar-refractivity contribution in [3.63, 3.8) is 0 Å². The van der Waals surface area contributed by atoms with Crippen LogP contribution in [0.1, 0.15) is 13.8 Å². The molecule has 0 aliphatic heterocycles. The molecule has 0 unspecified atom stereocenters. The molecule has 0 aromatic heterocycles. The molecule has 16 heavy (non-hydrogen) atoms. The van der Waals surface area contributed by atoms with E-state index in [-0.39, 0.29) is 42.8 Å². The van der Waals surface area contributed by atoms with Gasteiger partial charge in [0.25, 0.3) is 0 Å². The van der Waals surface area contributed by atoms with Gasteiger partial charge in [-0.15, -0.1) is 0 Å². The zero-order chi connectivity index (χ0) is 11.8. The van der Waals surface area contributed by atoms with Gasteiger partial charge in [-0.3, -0.25) is 0 Å². The Hall–Kier alpha value is -1.03. The van der Waals surface area contributed by atoms with Crippen molar-refractivity contribution in [2.24, 2.45) is 0 Å². The quantitative estimate of drug-likeness (QED) is 0.239. The van der Waals surface area contributed by atoms with Gasteiger partial charge in [-0.1, -0.05) is 0 Å². The maximum atomic E-state index is 11.1. The van der Waals surface area contributed by atoms with Crippen LogP contribution in [0.2, 0.25) is 0 Å². The zero-order valence-electron chi connectivity index (χ0n) is 8.44. The van der Waals surface area contributed by atoms with Crippen LogP contribution in [-0.2, 0) is 19.1 Å². The molecule has 0 aliphatic rings. The number of rotatable bonds is 4. The number of aliphatic hydroxyl groups is 1. The van der Waals surface area contributed by atoms with E-state index in [0.29, 0.717) is 0 Å². The molecule has 0 aliphatic carbocycles. The second-order valence-corrected chi connectivity index (χ2v) is 2.28. The second-order valence-electron chi connectivity index (χ2n) is 2.28. The summed E-state index contributed by atoms with van der Waals surface area (Å²) in [6, 6.07) is 1.38. The van der Waals surface area contributed by atoms with Gasteiger partial charge in [-0.05, 0) is 13.8 Å². The van der Waals surface area contributed by atoms with E-state index < -0.39 is 23.3 Å². The fraction of sp³-hybridized carbons (Fsp3) is 0.444. The molecule has 7 heteroatoms. The molecule has 0 amide bonds. The van der Waals surface area contributed by atoms with Crippen LogP contribution in [0.3, 0.4) is 0 Å². The van der Waals surface area contributed by atoms with Crippen LogP contribution in [0, 0.1) is 11.3 Å². The number of ether oxygens (including phenoxy) is 2. The standard InChI is InChI=1S/C9H11NO5.Na.H/c1-3-14-8(12)6(5-10)7(11)9(13)15-4-2;;/h11H,3-4H2,1-2H3;;. The number of carbonyl (C=O) groups excluding carboxylic acids is 2. The topological polar surface area (TPSA) is 96.6 Å². The Morgan fingerprint density at radius 1 is 1.19 bits per heavy atom. The van der Waals surface area contributed by atoms with Crippen molar-refractivity contribution in [1.29, 1.82) is 5.26 Å². The third-order valence-corrected chi connectivity index (χ3v) is 1.30. The Balaban J connectivity index is 0. The summed E-state index contributed by atoms with van der Waals surface area (Å²) in [5, 5.41) is 17.7. The molecule has 0 saturated heterocycles. The van der Waals surface area contributed by atoms with Gasteiger partial charge < -0.3 is 14.6 Å². The van der Waals surface area contributed by atoms with Gasteiger partial charge in [0.1, 0.15) is 6.07 Å². The van der Waals surface area contributed by atoms with Crippen molar-refractivity contribution in [3.05, 3.63) is 11.3 Å². The molecule has 0 aromatic carbocycles. The first-order chi connectivity index (χ1) is 7.08. The number of nitriles is 1. The summed E-state index contributed by atoms with van der Waals surface area (Å²) in [6.45, 7) is 3.14. The number of esters is 2. The molecule has 1 N–H and O–H groups in total. The van der Waals surface area contributed by atoms with Gasteiger partial charge in [0.05, 0.1) is 13.2 Å².